The number of carbonyl (C=O) groups excluding carboxylic acids is 2. The molecule has 2 aromatic carbocycles. The Balaban J connectivity index is 2.25. The molecule has 5 nitrogen and oxygen atoms in total. The summed E-state index contributed by atoms with van der Waals surface area (Å²) in [6, 6.07) is 11.9. The van der Waals surface area contributed by atoms with Gasteiger partial charge in [-0.1, -0.05) is 45.8 Å². The Labute approximate surface area is 186 Å². The summed E-state index contributed by atoms with van der Waals surface area (Å²) in [4.78, 5) is 24.3. The SMILES string of the molecule is CCOC(=O)c1c(CBr)n(Cc2ccc(C)cc2)c2cc(Br)c(OC(C)=O)cc12. The molecule has 3 aromatic rings. The molecule has 0 saturated heterocycles. The standard InChI is InChI=1S/C22H21Br2NO4/c1-4-28-22(27)21-16-9-20(29-14(3)26)17(24)10-18(16)25(19(21)11-23)12-15-7-5-13(2)6-8-15/h5-10H,4,11-12H2,1-3H3. The predicted molar refractivity (Wildman–Crippen MR) is 120 cm³/mol. The molecule has 0 saturated carbocycles. The van der Waals surface area contributed by atoms with Gasteiger partial charge in [0, 0.05) is 29.9 Å². The molecular weight excluding hydrogens is 502 g/mol. The van der Waals surface area contributed by atoms with Crippen LogP contribution in [0.25, 0.3) is 10.9 Å². The van der Waals surface area contributed by atoms with Crippen molar-refractivity contribution in [3.63, 3.8) is 0 Å². The first-order chi connectivity index (χ1) is 13.8. The summed E-state index contributed by atoms with van der Waals surface area (Å²) in [5.74, 6) is -0.461. The van der Waals surface area contributed by atoms with Crippen molar-refractivity contribution < 1.29 is 19.1 Å². The molecule has 3 rings (SSSR count). The van der Waals surface area contributed by atoms with Gasteiger partial charge in [0.05, 0.1) is 22.2 Å². The highest BCUT2D eigenvalue weighted by atomic mass is 79.9. The molecule has 0 N–H and O–H groups in total. The lowest BCUT2D eigenvalue weighted by molar-refractivity contribution is -0.131. The number of hydrogen-bond acceptors (Lipinski definition) is 4. The molecule has 0 aliphatic heterocycles. The normalized spacial score (nSPS) is 10.9. The molecule has 152 valence electrons. The number of fused-ring (bicyclic) bond motifs is 1. The summed E-state index contributed by atoms with van der Waals surface area (Å²) in [7, 11) is 0. The van der Waals surface area contributed by atoms with Crippen LogP contribution in [0.5, 0.6) is 5.75 Å². The van der Waals surface area contributed by atoms with Crippen LogP contribution >= 0.6 is 31.9 Å². The molecule has 0 unspecified atom stereocenters. The van der Waals surface area contributed by atoms with Gasteiger partial charge in [-0.2, -0.15) is 0 Å². The maximum absolute atomic E-state index is 12.8. The largest absolute Gasteiger partial charge is 0.462 e. The van der Waals surface area contributed by atoms with Crippen molar-refractivity contribution in [2.24, 2.45) is 0 Å². The summed E-state index contributed by atoms with van der Waals surface area (Å²) in [5, 5.41) is 1.16. The van der Waals surface area contributed by atoms with E-state index < -0.39 is 11.9 Å². The van der Waals surface area contributed by atoms with Gasteiger partial charge in [0.25, 0.3) is 0 Å². The van der Waals surface area contributed by atoms with E-state index in [1.54, 1.807) is 13.0 Å². The van der Waals surface area contributed by atoms with Crippen molar-refractivity contribution in [2.45, 2.75) is 32.6 Å². The van der Waals surface area contributed by atoms with E-state index in [-0.39, 0.29) is 6.61 Å². The quantitative estimate of drug-likeness (QED) is 0.235. The number of halogens is 2. The number of aromatic nitrogens is 1. The predicted octanol–water partition coefficient (Wildman–Crippen LogP) is 5.76. The summed E-state index contributed by atoms with van der Waals surface area (Å²) in [6.45, 7) is 6.04. The van der Waals surface area contributed by atoms with E-state index in [0.29, 0.717) is 33.0 Å². The van der Waals surface area contributed by atoms with Crippen molar-refractivity contribution in [3.05, 3.63) is 63.3 Å². The molecule has 0 aliphatic carbocycles. The third-order valence-electron chi connectivity index (χ3n) is 4.55. The first-order valence-electron chi connectivity index (χ1n) is 9.17. The van der Waals surface area contributed by atoms with E-state index >= 15 is 0 Å². The number of nitrogens with zero attached hydrogens (tertiary/aromatic N) is 1. The fourth-order valence-electron chi connectivity index (χ4n) is 3.26. The van der Waals surface area contributed by atoms with Gasteiger partial charge in [0.1, 0.15) is 5.75 Å². The molecule has 1 heterocycles. The van der Waals surface area contributed by atoms with Crippen LogP contribution in [0.1, 0.15) is 41.0 Å². The van der Waals surface area contributed by atoms with Crippen LogP contribution in [0.15, 0.2) is 40.9 Å². The Morgan fingerprint density at radius 2 is 1.83 bits per heavy atom. The minimum Gasteiger partial charge on any atom is -0.462 e. The lowest BCUT2D eigenvalue weighted by Crippen LogP contribution is -2.09. The van der Waals surface area contributed by atoms with Crippen LogP contribution in [0.4, 0.5) is 0 Å². The number of ether oxygens (including phenoxy) is 2. The van der Waals surface area contributed by atoms with Gasteiger partial charge in [0.2, 0.25) is 0 Å². The van der Waals surface area contributed by atoms with Crippen molar-refractivity contribution in [3.8, 4) is 5.75 Å². The number of alkyl halides is 1. The third kappa shape index (κ3) is 4.56. The highest BCUT2D eigenvalue weighted by Gasteiger charge is 2.25. The van der Waals surface area contributed by atoms with E-state index in [2.05, 4.69) is 60.7 Å². The second-order valence-corrected chi connectivity index (χ2v) is 8.06. The average molecular weight is 523 g/mol. The molecule has 0 bridgehead atoms. The molecule has 0 atom stereocenters. The molecular formula is C22H21Br2NO4. The molecule has 0 radical (unpaired) electrons. The van der Waals surface area contributed by atoms with Crippen molar-refractivity contribution in [2.75, 3.05) is 6.61 Å². The number of aryl methyl sites for hydroxylation is 1. The highest BCUT2D eigenvalue weighted by molar-refractivity contribution is 9.10. The monoisotopic (exact) mass is 521 g/mol. The van der Waals surface area contributed by atoms with Gasteiger partial charge in [-0.25, -0.2) is 4.79 Å². The fourth-order valence-corrected chi connectivity index (χ4v) is 4.26. The van der Waals surface area contributed by atoms with E-state index in [4.69, 9.17) is 9.47 Å². The maximum atomic E-state index is 12.8. The topological polar surface area (TPSA) is 57.5 Å². The number of hydrogen-bond donors (Lipinski definition) is 0. The van der Waals surface area contributed by atoms with E-state index in [9.17, 15) is 9.59 Å². The molecule has 1 aromatic heterocycles. The first-order valence-corrected chi connectivity index (χ1v) is 11.1. The zero-order chi connectivity index (χ0) is 21.1. The van der Waals surface area contributed by atoms with E-state index in [1.165, 1.54) is 12.5 Å². The first kappa shape index (κ1) is 21.6. The van der Waals surface area contributed by atoms with Crippen LogP contribution in [-0.4, -0.2) is 23.1 Å². The van der Waals surface area contributed by atoms with Gasteiger partial charge >= 0.3 is 11.9 Å². The lowest BCUT2D eigenvalue weighted by atomic mass is 10.1. The van der Waals surface area contributed by atoms with Crippen molar-refractivity contribution in [1.82, 2.24) is 4.57 Å². The number of rotatable bonds is 6. The zero-order valence-corrected chi connectivity index (χ0v) is 19.6. The molecule has 0 aliphatic rings. The van der Waals surface area contributed by atoms with Gasteiger partial charge in [-0.3, -0.25) is 4.79 Å². The second-order valence-electron chi connectivity index (χ2n) is 6.64. The van der Waals surface area contributed by atoms with Crippen LogP contribution in [-0.2, 0) is 21.4 Å². The average Bonchev–Trinajstić information content (AvgIpc) is 2.96. The summed E-state index contributed by atoms with van der Waals surface area (Å²) in [5.41, 5.74) is 4.45. The van der Waals surface area contributed by atoms with Gasteiger partial charge in [-0.05, 0) is 47.5 Å². The second kappa shape index (κ2) is 9.13. The molecule has 0 amide bonds. The Kier molecular flexibility index (Phi) is 6.80. The summed E-state index contributed by atoms with van der Waals surface area (Å²) >= 11 is 7.01. The van der Waals surface area contributed by atoms with Gasteiger partial charge in [-0.15, -0.1) is 0 Å². The smallest absolute Gasteiger partial charge is 0.340 e. The Hall–Kier alpha value is -2.12. The number of esters is 2. The van der Waals surface area contributed by atoms with Crippen LogP contribution in [0, 0.1) is 6.92 Å². The lowest BCUT2D eigenvalue weighted by Gasteiger charge is -2.11. The number of benzene rings is 2. The Morgan fingerprint density at radius 3 is 2.41 bits per heavy atom. The van der Waals surface area contributed by atoms with E-state index in [0.717, 1.165) is 16.8 Å². The molecule has 0 fully saturated rings. The number of carbonyl (C=O) groups is 2. The summed E-state index contributed by atoms with van der Waals surface area (Å²) in [6.07, 6.45) is 0. The maximum Gasteiger partial charge on any atom is 0.340 e. The van der Waals surface area contributed by atoms with Crippen molar-refractivity contribution >= 4 is 54.7 Å². The van der Waals surface area contributed by atoms with Crippen LogP contribution < -0.4 is 4.74 Å². The zero-order valence-electron chi connectivity index (χ0n) is 16.4. The minimum absolute atomic E-state index is 0.276. The molecule has 0 spiro atoms. The third-order valence-corrected chi connectivity index (χ3v) is 5.70. The van der Waals surface area contributed by atoms with E-state index in [1.807, 2.05) is 13.0 Å². The molecule has 29 heavy (non-hydrogen) atoms. The van der Waals surface area contributed by atoms with Crippen LogP contribution in [0.2, 0.25) is 0 Å². The van der Waals surface area contributed by atoms with Crippen LogP contribution in [0.3, 0.4) is 0 Å². The molecule has 7 heteroatoms. The van der Waals surface area contributed by atoms with Crippen molar-refractivity contribution in [1.29, 1.82) is 0 Å². The minimum atomic E-state index is -0.428. The Bertz CT molecular complexity index is 1070. The Morgan fingerprint density at radius 1 is 1.14 bits per heavy atom. The summed E-state index contributed by atoms with van der Waals surface area (Å²) < 4.78 is 13.3. The van der Waals surface area contributed by atoms with Gasteiger partial charge in [0.15, 0.2) is 0 Å². The van der Waals surface area contributed by atoms with Gasteiger partial charge < -0.3 is 14.0 Å². The highest BCUT2D eigenvalue weighted by Crippen LogP contribution is 2.37. The fraction of sp³-hybridized carbons (Fsp3) is 0.273.